The van der Waals surface area contributed by atoms with E-state index in [1.165, 1.54) is 0 Å². The number of carbonyl (C=O) groups excluding carboxylic acids is 1. The molecule has 0 aliphatic carbocycles. The SMILES string of the molecule is CCCN(C(=O)c1cnn(-c2ccccc2C)c1C)C1CCNC1. The molecule has 1 unspecified atom stereocenters. The maximum Gasteiger partial charge on any atom is 0.257 e. The number of carbonyl (C=O) groups is 1. The van der Waals surface area contributed by atoms with E-state index in [2.05, 4.69) is 30.3 Å². The fourth-order valence-electron chi connectivity index (χ4n) is 3.41. The highest BCUT2D eigenvalue weighted by Gasteiger charge is 2.28. The van der Waals surface area contributed by atoms with Crippen molar-refractivity contribution in [2.45, 2.75) is 39.7 Å². The molecule has 2 heterocycles. The van der Waals surface area contributed by atoms with Crippen molar-refractivity contribution in [2.24, 2.45) is 0 Å². The third kappa shape index (κ3) is 3.08. The van der Waals surface area contributed by atoms with Crippen molar-refractivity contribution in [3.05, 3.63) is 47.3 Å². The molecule has 1 N–H and O–H groups in total. The van der Waals surface area contributed by atoms with Crippen LogP contribution in [0.1, 0.15) is 41.4 Å². The predicted molar refractivity (Wildman–Crippen MR) is 95.6 cm³/mol. The van der Waals surface area contributed by atoms with E-state index in [1.54, 1.807) is 6.20 Å². The number of hydrogen-bond donors (Lipinski definition) is 1. The van der Waals surface area contributed by atoms with Crippen molar-refractivity contribution in [1.82, 2.24) is 20.0 Å². The highest BCUT2D eigenvalue weighted by molar-refractivity contribution is 5.95. The van der Waals surface area contributed by atoms with Crippen molar-refractivity contribution in [2.75, 3.05) is 19.6 Å². The topological polar surface area (TPSA) is 50.2 Å². The largest absolute Gasteiger partial charge is 0.334 e. The van der Waals surface area contributed by atoms with Gasteiger partial charge in [-0.3, -0.25) is 4.79 Å². The van der Waals surface area contributed by atoms with Crippen LogP contribution in [-0.4, -0.2) is 46.3 Å². The monoisotopic (exact) mass is 326 g/mol. The summed E-state index contributed by atoms with van der Waals surface area (Å²) in [4.78, 5) is 15.1. The summed E-state index contributed by atoms with van der Waals surface area (Å²) in [5.41, 5.74) is 3.78. The molecule has 1 atom stereocenters. The molecule has 5 heteroatoms. The number of para-hydroxylation sites is 1. The number of rotatable bonds is 5. The zero-order chi connectivity index (χ0) is 17.1. The third-order valence-electron chi connectivity index (χ3n) is 4.78. The lowest BCUT2D eigenvalue weighted by Gasteiger charge is -2.28. The number of aryl methyl sites for hydroxylation is 1. The Kier molecular flexibility index (Phi) is 5.00. The van der Waals surface area contributed by atoms with Gasteiger partial charge in [0.15, 0.2) is 0 Å². The highest BCUT2D eigenvalue weighted by atomic mass is 16.2. The van der Waals surface area contributed by atoms with Gasteiger partial charge in [0.1, 0.15) is 0 Å². The van der Waals surface area contributed by atoms with Crippen LogP contribution in [0.3, 0.4) is 0 Å². The Bertz CT molecular complexity index is 716. The molecule has 3 rings (SSSR count). The second-order valence-electron chi connectivity index (χ2n) is 6.49. The van der Waals surface area contributed by atoms with Crippen LogP contribution >= 0.6 is 0 Å². The Morgan fingerprint density at radius 1 is 1.38 bits per heavy atom. The summed E-state index contributed by atoms with van der Waals surface area (Å²) < 4.78 is 1.87. The molecule has 5 nitrogen and oxygen atoms in total. The van der Waals surface area contributed by atoms with E-state index in [1.807, 2.05) is 34.7 Å². The minimum absolute atomic E-state index is 0.0999. The number of nitrogens with one attached hydrogen (secondary N) is 1. The number of nitrogens with zero attached hydrogens (tertiary/aromatic N) is 3. The summed E-state index contributed by atoms with van der Waals surface area (Å²) in [6.07, 6.45) is 3.71. The van der Waals surface area contributed by atoms with E-state index in [9.17, 15) is 4.79 Å². The van der Waals surface area contributed by atoms with Gasteiger partial charge in [0, 0.05) is 19.1 Å². The molecular formula is C19H26N4O. The summed E-state index contributed by atoms with van der Waals surface area (Å²) in [5, 5.41) is 7.85. The van der Waals surface area contributed by atoms with E-state index in [0.717, 1.165) is 49.4 Å². The second-order valence-corrected chi connectivity index (χ2v) is 6.49. The average Bonchev–Trinajstić information content (AvgIpc) is 3.22. The molecule has 1 aromatic carbocycles. The van der Waals surface area contributed by atoms with Crippen molar-refractivity contribution >= 4 is 5.91 Å². The normalized spacial score (nSPS) is 17.2. The summed E-state index contributed by atoms with van der Waals surface area (Å²) in [5.74, 6) is 0.0999. The average molecular weight is 326 g/mol. The van der Waals surface area contributed by atoms with Crippen LogP contribution in [0.25, 0.3) is 5.69 Å². The molecule has 0 saturated carbocycles. The molecule has 0 spiro atoms. The smallest absolute Gasteiger partial charge is 0.257 e. The van der Waals surface area contributed by atoms with E-state index >= 15 is 0 Å². The molecule has 0 radical (unpaired) electrons. The van der Waals surface area contributed by atoms with Crippen LogP contribution in [0.2, 0.25) is 0 Å². The number of aromatic nitrogens is 2. The van der Waals surface area contributed by atoms with Gasteiger partial charge in [0.2, 0.25) is 0 Å². The molecule has 0 bridgehead atoms. The first-order chi connectivity index (χ1) is 11.6. The molecule has 1 saturated heterocycles. The van der Waals surface area contributed by atoms with Gasteiger partial charge in [-0.2, -0.15) is 5.10 Å². The number of amides is 1. The number of hydrogen-bond acceptors (Lipinski definition) is 3. The maximum atomic E-state index is 13.1. The lowest BCUT2D eigenvalue weighted by atomic mass is 10.1. The highest BCUT2D eigenvalue weighted by Crippen LogP contribution is 2.20. The van der Waals surface area contributed by atoms with Crippen LogP contribution in [0.4, 0.5) is 0 Å². The molecule has 1 aliphatic heterocycles. The summed E-state index contributed by atoms with van der Waals surface area (Å²) in [6.45, 7) is 8.82. The standard InChI is InChI=1S/C19H26N4O/c1-4-11-22(16-9-10-20-12-16)19(24)17-13-21-23(15(17)3)18-8-6-5-7-14(18)2/h5-8,13,16,20H,4,9-12H2,1-3H3. The van der Waals surface area contributed by atoms with Crippen molar-refractivity contribution < 1.29 is 4.79 Å². The van der Waals surface area contributed by atoms with Gasteiger partial charge in [0.05, 0.1) is 23.1 Å². The van der Waals surface area contributed by atoms with Crippen molar-refractivity contribution in [3.63, 3.8) is 0 Å². The van der Waals surface area contributed by atoms with Gasteiger partial charge >= 0.3 is 0 Å². The predicted octanol–water partition coefficient (Wildman–Crippen LogP) is 2.70. The van der Waals surface area contributed by atoms with Gasteiger partial charge in [-0.05, 0) is 44.9 Å². The van der Waals surface area contributed by atoms with E-state index in [-0.39, 0.29) is 5.91 Å². The minimum atomic E-state index is 0.0999. The quantitative estimate of drug-likeness (QED) is 0.919. The summed E-state index contributed by atoms with van der Waals surface area (Å²) >= 11 is 0. The van der Waals surface area contributed by atoms with Gasteiger partial charge in [-0.1, -0.05) is 25.1 Å². The first-order valence-corrected chi connectivity index (χ1v) is 8.75. The van der Waals surface area contributed by atoms with E-state index in [4.69, 9.17) is 0 Å². The zero-order valence-corrected chi connectivity index (χ0v) is 14.7. The fraction of sp³-hybridized carbons (Fsp3) is 0.474. The minimum Gasteiger partial charge on any atom is -0.334 e. The number of benzene rings is 1. The lowest BCUT2D eigenvalue weighted by Crippen LogP contribution is -2.42. The van der Waals surface area contributed by atoms with E-state index < -0.39 is 0 Å². The maximum absolute atomic E-state index is 13.1. The fourth-order valence-corrected chi connectivity index (χ4v) is 3.41. The van der Waals surface area contributed by atoms with Crippen LogP contribution < -0.4 is 5.32 Å². The summed E-state index contributed by atoms with van der Waals surface area (Å²) in [6, 6.07) is 8.40. The van der Waals surface area contributed by atoms with Gasteiger partial charge in [-0.15, -0.1) is 0 Å². The molecule has 1 aromatic heterocycles. The van der Waals surface area contributed by atoms with Crippen molar-refractivity contribution in [1.29, 1.82) is 0 Å². The molecule has 2 aromatic rings. The molecule has 128 valence electrons. The third-order valence-corrected chi connectivity index (χ3v) is 4.78. The van der Waals surface area contributed by atoms with Gasteiger partial charge in [0.25, 0.3) is 5.91 Å². The molecular weight excluding hydrogens is 300 g/mol. The van der Waals surface area contributed by atoms with Crippen LogP contribution in [0, 0.1) is 13.8 Å². The zero-order valence-electron chi connectivity index (χ0n) is 14.7. The second kappa shape index (κ2) is 7.18. The lowest BCUT2D eigenvalue weighted by molar-refractivity contribution is 0.0691. The first kappa shape index (κ1) is 16.7. The Hall–Kier alpha value is -2.14. The van der Waals surface area contributed by atoms with E-state index in [0.29, 0.717) is 11.6 Å². The van der Waals surface area contributed by atoms with Crippen LogP contribution in [0.15, 0.2) is 30.5 Å². The molecule has 1 amide bonds. The van der Waals surface area contributed by atoms with Crippen LogP contribution in [0.5, 0.6) is 0 Å². The molecule has 1 aliphatic rings. The Morgan fingerprint density at radius 2 is 2.17 bits per heavy atom. The first-order valence-electron chi connectivity index (χ1n) is 8.75. The molecule has 24 heavy (non-hydrogen) atoms. The van der Waals surface area contributed by atoms with Crippen molar-refractivity contribution in [3.8, 4) is 5.69 Å². The van der Waals surface area contributed by atoms with Gasteiger partial charge < -0.3 is 10.2 Å². The Balaban J connectivity index is 1.91. The Morgan fingerprint density at radius 3 is 2.83 bits per heavy atom. The Labute approximate surface area is 143 Å². The molecule has 1 fully saturated rings. The van der Waals surface area contributed by atoms with Gasteiger partial charge in [-0.25, -0.2) is 4.68 Å². The van der Waals surface area contributed by atoms with Crippen LogP contribution in [-0.2, 0) is 0 Å². The summed E-state index contributed by atoms with van der Waals surface area (Å²) in [7, 11) is 0.